The van der Waals surface area contributed by atoms with Crippen molar-refractivity contribution < 1.29 is 14.1 Å². The van der Waals surface area contributed by atoms with Gasteiger partial charge in [-0.2, -0.15) is 16.7 Å². The highest BCUT2D eigenvalue weighted by Gasteiger charge is 2.57. The van der Waals surface area contributed by atoms with Gasteiger partial charge in [-0.15, -0.1) is 0 Å². The number of carbonyl (C=O) groups is 1. The summed E-state index contributed by atoms with van der Waals surface area (Å²) in [5, 5.41) is 3.89. The Balaban J connectivity index is 2.06. The maximum Gasteiger partial charge on any atom is 0.321 e. The first kappa shape index (κ1) is 12.4. The number of carbonyl (C=O) groups excluding carboxylic acids is 1. The van der Waals surface area contributed by atoms with Crippen LogP contribution in [-0.4, -0.2) is 28.5 Å². The van der Waals surface area contributed by atoms with Gasteiger partial charge in [0.2, 0.25) is 5.89 Å². The van der Waals surface area contributed by atoms with E-state index < -0.39 is 5.41 Å². The predicted octanol–water partition coefficient (Wildman–Crippen LogP) is 1.92. The van der Waals surface area contributed by atoms with E-state index in [-0.39, 0.29) is 5.97 Å². The molecule has 0 radical (unpaired) electrons. The molecular formula is C11H16N2O3S. The highest BCUT2D eigenvalue weighted by atomic mass is 32.2. The number of hydrogen-bond acceptors (Lipinski definition) is 6. The molecule has 1 aliphatic rings. The average molecular weight is 256 g/mol. The van der Waals surface area contributed by atoms with Crippen LogP contribution in [0.1, 0.15) is 38.4 Å². The Labute approximate surface area is 104 Å². The Morgan fingerprint density at radius 1 is 1.53 bits per heavy atom. The summed E-state index contributed by atoms with van der Waals surface area (Å²) in [6, 6.07) is 0. The topological polar surface area (TPSA) is 65.2 Å². The number of ether oxygens (including phenoxy) is 1. The first-order chi connectivity index (χ1) is 8.23. The minimum atomic E-state index is -0.641. The third-order valence-electron chi connectivity index (χ3n) is 2.73. The van der Waals surface area contributed by atoms with E-state index >= 15 is 0 Å². The van der Waals surface area contributed by atoms with E-state index in [1.54, 1.807) is 18.7 Å². The number of esters is 1. The second-order valence-electron chi connectivity index (χ2n) is 3.96. The molecule has 2 rings (SSSR count). The van der Waals surface area contributed by atoms with Gasteiger partial charge in [-0.1, -0.05) is 12.1 Å². The molecule has 94 valence electrons. The van der Waals surface area contributed by atoms with Crippen molar-refractivity contribution in [2.75, 3.05) is 12.4 Å². The van der Waals surface area contributed by atoms with Gasteiger partial charge < -0.3 is 9.26 Å². The lowest BCUT2D eigenvalue weighted by Gasteiger charge is -2.07. The molecule has 0 spiro atoms. The quantitative estimate of drug-likeness (QED) is 0.724. The van der Waals surface area contributed by atoms with Crippen molar-refractivity contribution >= 4 is 17.7 Å². The van der Waals surface area contributed by atoms with Crippen LogP contribution in [0.5, 0.6) is 0 Å². The zero-order chi connectivity index (χ0) is 12.3. The van der Waals surface area contributed by atoms with Gasteiger partial charge in [0.15, 0.2) is 5.82 Å². The van der Waals surface area contributed by atoms with E-state index in [1.807, 2.05) is 0 Å². The van der Waals surface area contributed by atoms with E-state index in [0.717, 1.165) is 24.3 Å². The Bertz CT molecular complexity index is 401. The minimum Gasteiger partial charge on any atom is -0.465 e. The summed E-state index contributed by atoms with van der Waals surface area (Å²) in [5.41, 5.74) is -0.641. The Hall–Kier alpha value is -1.04. The lowest BCUT2D eigenvalue weighted by atomic mass is 10.1. The third-order valence-corrected chi connectivity index (χ3v) is 3.60. The van der Waals surface area contributed by atoms with Crippen LogP contribution < -0.4 is 0 Å². The fraction of sp³-hybridized carbons (Fsp3) is 0.727. The fourth-order valence-corrected chi connectivity index (χ4v) is 2.10. The smallest absolute Gasteiger partial charge is 0.321 e. The van der Waals surface area contributed by atoms with Crippen molar-refractivity contribution in [2.24, 2.45) is 0 Å². The molecule has 1 aliphatic carbocycles. The molecule has 6 heteroatoms. The van der Waals surface area contributed by atoms with Gasteiger partial charge in [0, 0.05) is 0 Å². The Morgan fingerprint density at radius 3 is 2.88 bits per heavy atom. The molecule has 1 aromatic rings. The molecule has 1 saturated carbocycles. The van der Waals surface area contributed by atoms with Gasteiger partial charge in [-0.05, 0) is 25.5 Å². The molecule has 1 heterocycles. The highest BCUT2D eigenvalue weighted by Crippen LogP contribution is 2.48. The van der Waals surface area contributed by atoms with Crippen LogP contribution in [0.4, 0.5) is 0 Å². The van der Waals surface area contributed by atoms with Crippen LogP contribution in [0.2, 0.25) is 0 Å². The molecule has 1 aromatic heterocycles. The standard InChI is InChI=1S/C11H16N2O3S/c1-3-15-10(14)11(5-6-11)9-12-8(13-16-9)7-17-4-2/h3-7H2,1-2H3. The largest absolute Gasteiger partial charge is 0.465 e. The number of rotatable bonds is 6. The SMILES string of the molecule is CCOC(=O)C1(c2nc(CSCC)no2)CC1. The lowest BCUT2D eigenvalue weighted by molar-refractivity contribution is -0.146. The number of aromatic nitrogens is 2. The number of hydrogen-bond donors (Lipinski definition) is 0. The highest BCUT2D eigenvalue weighted by molar-refractivity contribution is 7.98. The first-order valence-corrected chi connectivity index (χ1v) is 6.96. The fourth-order valence-electron chi connectivity index (χ4n) is 1.60. The summed E-state index contributed by atoms with van der Waals surface area (Å²) < 4.78 is 10.2. The van der Waals surface area contributed by atoms with Crippen molar-refractivity contribution in [3.05, 3.63) is 11.7 Å². The van der Waals surface area contributed by atoms with Crippen LogP contribution in [0.3, 0.4) is 0 Å². The van der Waals surface area contributed by atoms with E-state index in [1.165, 1.54) is 0 Å². The maximum atomic E-state index is 11.8. The molecule has 17 heavy (non-hydrogen) atoms. The molecule has 0 aliphatic heterocycles. The second kappa shape index (κ2) is 5.08. The molecule has 0 saturated heterocycles. The van der Waals surface area contributed by atoms with E-state index in [4.69, 9.17) is 9.26 Å². The Kier molecular flexibility index (Phi) is 3.71. The van der Waals surface area contributed by atoms with Crippen molar-refractivity contribution in [2.45, 2.75) is 37.9 Å². The average Bonchev–Trinajstić information content (AvgIpc) is 3.01. The van der Waals surface area contributed by atoms with Gasteiger partial charge in [-0.3, -0.25) is 4.79 Å². The summed E-state index contributed by atoms with van der Waals surface area (Å²) in [6.45, 7) is 4.25. The summed E-state index contributed by atoms with van der Waals surface area (Å²) in [5.74, 6) is 2.56. The van der Waals surface area contributed by atoms with Gasteiger partial charge in [0.25, 0.3) is 0 Å². The van der Waals surface area contributed by atoms with Crippen LogP contribution in [-0.2, 0) is 20.7 Å². The first-order valence-electron chi connectivity index (χ1n) is 5.81. The molecule has 1 fully saturated rings. The summed E-state index contributed by atoms with van der Waals surface area (Å²) in [4.78, 5) is 16.1. The molecule has 0 amide bonds. The van der Waals surface area contributed by atoms with Crippen molar-refractivity contribution in [3.8, 4) is 0 Å². The van der Waals surface area contributed by atoms with E-state index in [9.17, 15) is 4.79 Å². The van der Waals surface area contributed by atoms with E-state index in [0.29, 0.717) is 18.3 Å². The van der Waals surface area contributed by atoms with Gasteiger partial charge in [0.05, 0.1) is 12.4 Å². The zero-order valence-electron chi connectivity index (χ0n) is 10.1. The van der Waals surface area contributed by atoms with Crippen molar-refractivity contribution in [3.63, 3.8) is 0 Å². The normalized spacial score (nSPS) is 16.8. The zero-order valence-corrected chi connectivity index (χ0v) is 10.9. The predicted molar refractivity (Wildman–Crippen MR) is 63.7 cm³/mol. The summed E-state index contributed by atoms with van der Waals surface area (Å²) in [7, 11) is 0. The molecule has 0 bridgehead atoms. The second-order valence-corrected chi connectivity index (χ2v) is 5.23. The third kappa shape index (κ3) is 2.46. The van der Waals surface area contributed by atoms with Crippen LogP contribution in [0, 0.1) is 0 Å². The van der Waals surface area contributed by atoms with Gasteiger partial charge in [-0.25, -0.2) is 0 Å². The van der Waals surface area contributed by atoms with Crippen LogP contribution in [0.25, 0.3) is 0 Å². The number of nitrogens with zero attached hydrogens (tertiary/aromatic N) is 2. The van der Waals surface area contributed by atoms with Crippen molar-refractivity contribution in [1.82, 2.24) is 10.1 Å². The summed E-state index contributed by atoms with van der Waals surface area (Å²) in [6.07, 6.45) is 1.49. The van der Waals surface area contributed by atoms with Crippen LogP contribution >= 0.6 is 11.8 Å². The molecule has 0 unspecified atom stereocenters. The number of thioether (sulfide) groups is 1. The monoisotopic (exact) mass is 256 g/mol. The molecule has 0 aromatic carbocycles. The minimum absolute atomic E-state index is 0.238. The lowest BCUT2D eigenvalue weighted by Crippen LogP contribution is -2.23. The van der Waals surface area contributed by atoms with Crippen LogP contribution in [0.15, 0.2) is 4.52 Å². The van der Waals surface area contributed by atoms with E-state index in [2.05, 4.69) is 17.1 Å². The molecule has 5 nitrogen and oxygen atoms in total. The van der Waals surface area contributed by atoms with Crippen molar-refractivity contribution in [1.29, 1.82) is 0 Å². The maximum absolute atomic E-state index is 11.8. The van der Waals surface area contributed by atoms with Gasteiger partial charge >= 0.3 is 5.97 Å². The van der Waals surface area contributed by atoms with Gasteiger partial charge in [0.1, 0.15) is 5.41 Å². The summed E-state index contributed by atoms with van der Waals surface area (Å²) >= 11 is 1.72. The molecular weight excluding hydrogens is 240 g/mol. The Morgan fingerprint density at radius 2 is 2.29 bits per heavy atom. The molecule has 0 N–H and O–H groups in total. The molecule has 0 atom stereocenters.